The molecule has 0 fully saturated rings. The van der Waals surface area contributed by atoms with Gasteiger partial charge in [-0.05, 0) is 17.7 Å². The summed E-state index contributed by atoms with van der Waals surface area (Å²) in [7, 11) is 1.40. The van der Waals surface area contributed by atoms with Crippen LogP contribution in [0.2, 0.25) is 0 Å². The fourth-order valence-electron chi connectivity index (χ4n) is 1.13. The van der Waals surface area contributed by atoms with E-state index in [-0.39, 0.29) is 24.6 Å². The number of nitrogens with zero attached hydrogens (tertiary/aromatic N) is 1. The molecule has 15 heavy (non-hydrogen) atoms. The third-order valence-electron chi connectivity index (χ3n) is 1.92. The average molecular weight is 231 g/mol. The van der Waals surface area contributed by atoms with Gasteiger partial charge in [-0.3, -0.25) is 0 Å². The molecule has 1 atom stereocenters. The van der Waals surface area contributed by atoms with Crippen molar-refractivity contribution in [3.05, 3.63) is 29.6 Å². The Kier molecular flexibility index (Phi) is 5.68. The molecule has 0 heterocycles. The van der Waals surface area contributed by atoms with E-state index < -0.39 is 11.9 Å². The normalized spacial score (nSPS) is 11.1. The molecule has 1 aromatic rings. The first kappa shape index (κ1) is 13.7. The van der Waals surface area contributed by atoms with Crippen LogP contribution in [-0.4, -0.2) is 7.11 Å². The third kappa shape index (κ3) is 3.39. The van der Waals surface area contributed by atoms with E-state index >= 15 is 0 Å². The summed E-state index contributed by atoms with van der Waals surface area (Å²) < 4.78 is 17.9. The summed E-state index contributed by atoms with van der Waals surface area (Å²) in [5.74, 6) is -0.281. The van der Waals surface area contributed by atoms with Crippen LogP contribution in [-0.2, 0) is 0 Å². The van der Waals surface area contributed by atoms with Crippen LogP contribution in [0.3, 0.4) is 0 Å². The lowest BCUT2D eigenvalue weighted by Gasteiger charge is -2.09. The van der Waals surface area contributed by atoms with Gasteiger partial charge in [-0.1, -0.05) is 6.07 Å². The van der Waals surface area contributed by atoms with Gasteiger partial charge < -0.3 is 10.5 Å². The Morgan fingerprint density at radius 2 is 2.27 bits per heavy atom. The van der Waals surface area contributed by atoms with E-state index in [1.807, 2.05) is 6.07 Å². The average Bonchev–Trinajstić information content (AvgIpc) is 2.18. The topological polar surface area (TPSA) is 59.0 Å². The van der Waals surface area contributed by atoms with Crippen molar-refractivity contribution in [1.29, 1.82) is 5.26 Å². The summed E-state index contributed by atoms with van der Waals surface area (Å²) in [6.45, 7) is 0. The molecule has 0 aliphatic rings. The zero-order valence-corrected chi connectivity index (χ0v) is 9.05. The molecule has 0 saturated carbocycles. The fraction of sp³-hybridized carbons (Fsp3) is 0.300. The van der Waals surface area contributed by atoms with Gasteiger partial charge in [0.15, 0.2) is 11.6 Å². The van der Waals surface area contributed by atoms with E-state index in [0.29, 0.717) is 5.56 Å². The molecule has 0 saturated heterocycles. The minimum Gasteiger partial charge on any atom is -0.494 e. The number of nitriles is 1. The molecular weight excluding hydrogens is 219 g/mol. The van der Waals surface area contributed by atoms with Gasteiger partial charge in [-0.15, -0.1) is 12.4 Å². The van der Waals surface area contributed by atoms with E-state index in [4.69, 9.17) is 15.7 Å². The summed E-state index contributed by atoms with van der Waals surface area (Å²) >= 11 is 0. The van der Waals surface area contributed by atoms with Gasteiger partial charge in [0.25, 0.3) is 0 Å². The highest BCUT2D eigenvalue weighted by atomic mass is 35.5. The summed E-state index contributed by atoms with van der Waals surface area (Å²) in [5, 5.41) is 8.42. The van der Waals surface area contributed by atoms with Crippen molar-refractivity contribution in [2.45, 2.75) is 12.5 Å². The minimum atomic E-state index is -0.460. The Morgan fingerprint density at radius 1 is 1.60 bits per heavy atom. The maximum Gasteiger partial charge on any atom is 0.165 e. The van der Waals surface area contributed by atoms with Crippen LogP contribution < -0.4 is 10.5 Å². The van der Waals surface area contributed by atoms with Crippen molar-refractivity contribution in [2.24, 2.45) is 5.73 Å². The Morgan fingerprint density at radius 3 is 2.73 bits per heavy atom. The van der Waals surface area contributed by atoms with Crippen molar-refractivity contribution in [2.75, 3.05) is 7.11 Å². The predicted molar refractivity (Wildman–Crippen MR) is 57.4 cm³/mol. The van der Waals surface area contributed by atoms with Crippen LogP contribution in [0.1, 0.15) is 18.0 Å². The Hall–Kier alpha value is -1.31. The first-order valence-corrected chi connectivity index (χ1v) is 4.15. The molecule has 0 aliphatic carbocycles. The van der Waals surface area contributed by atoms with Crippen molar-refractivity contribution >= 4 is 12.4 Å². The number of nitrogens with two attached hydrogens (primary N) is 1. The number of methoxy groups -OCH3 is 1. The molecule has 1 aromatic carbocycles. The highest BCUT2D eigenvalue weighted by Crippen LogP contribution is 2.21. The summed E-state index contributed by atoms with van der Waals surface area (Å²) in [6, 6.07) is 5.94. The zero-order valence-electron chi connectivity index (χ0n) is 8.24. The molecule has 0 aromatic heterocycles. The lowest BCUT2D eigenvalue weighted by atomic mass is 10.1. The maximum atomic E-state index is 13.2. The number of rotatable bonds is 3. The molecule has 0 unspecified atom stereocenters. The maximum absolute atomic E-state index is 13.2. The van der Waals surface area contributed by atoms with Crippen LogP contribution >= 0.6 is 12.4 Å². The van der Waals surface area contributed by atoms with Gasteiger partial charge in [-0.25, -0.2) is 4.39 Å². The van der Waals surface area contributed by atoms with E-state index in [0.717, 1.165) is 0 Å². The second-order valence-electron chi connectivity index (χ2n) is 2.86. The molecular formula is C10H12ClFN2O. The van der Waals surface area contributed by atoms with Crippen molar-refractivity contribution in [3.8, 4) is 11.8 Å². The molecule has 2 N–H and O–H groups in total. The summed E-state index contributed by atoms with van der Waals surface area (Å²) in [5.41, 5.74) is 6.24. The predicted octanol–water partition coefficient (Wildman–Crippen LogP) is 2.17. The SMILES string of the molecule is COc1ccc([C@@H](N)CC#N)cc1F.Cl. The quantitative estimate of drug-likeness (QED) is 0.866. The van der Waals surface area contributed by atoms with Gasteiger partial charge >= 0.3 is 0 Å². The smallest absolute Gasteiger partial charge is 0.165 e. The van der Waals surface area contributed by atoms with Gasteiger partial charge in [0.2, 0.25) is 0 Å². The van der Waals surface area contributed by atoms with Crippen LogP contribution in [0.5, 0.6) is 5.75 Å². The van der Waals surface area contributed by atoms with Crippen LogP contribution in [0.4, 0.5) is 4.39 Å². The second kappa shape index (κ2) is 6.23. The number of hydrogen-bond donors (Lipinski definition) is 1. The van der Waals surface area contributed by atoms with Crippen LogP contribution in [0, 0.1) is 17.1 Å². The first-order valence-electron chi connectivity index (χ1n) is 4.15. The molecule has 0 aliphatic heterocycles. The first-order chi connectivity index (χ1) is 6.69. The van der Waals surface area contributed by atoms with E-state index in [1.165, 1.54) is 19.2 Å². The molecule has 0 amide bonds. The van der Waals surface area contributed by atoms with Gasteiger partial charge in [0, 0.05) is 6.04 Å². The van der Waals surface area contributed by atoms with E-state index in [2.05, 4.69) is 0 Å². The van der Waals surface area contributed by atoms with Crippen molar-refractivity contribution in [1.82, 2.24) is 0 Å². The Bertz CT molecular complexity index is 365. The molecule has 5 heteroatoms. The highest BCUT2D eigenvalue weighted by Gasteiger charge is 2.09. The summed E-state index contributed by atoms with van der Waals surface area (Å²) in [6.07, 6.45) is 0.172. The molecule has 82 valence electrons. The molecule has 0 radical (unpaired) electrons. The third-order valence-corrected chi connectivity index (χ3v) is 1.92. The fourth-order valence-corrected chi connectivity index (χ4v) is 1.13. The van der Waals surface area contributed by atoms with E-state index in [9.17, 15) is 4.39 Å². The van der Waals surface area contributed by atoms with E-state index in [1.54, 1.807) is 6.07 Å². The van der Waals surface area contributed by atoms with Crippen molar-refractivity contribution in [3.63, 3.8) is 0 Å². The van der Waals surface area contributed by atoms with Crippen LogP contribution in [0.25, 0.3) is 0 Å². The number of hydrogen-bond acceptors (Lipinski definition) is 3. The number of halogens is 2. The Balaban J connectivity index is 0.00000196. The Labute approximate surface area is 94.1 Å². The molecule has 0 bridgehead atoms. The van der Waals surface area contributed by atoms with Gasteiger partial charge in [0.1, 0.15) is 0 Å². The number of ether oxygens (including phenoxy) is 1. The second-order valence-corrected chi connectivity index (χ2v) is 2.86. The largest absolute Gasteiger partial charge is 0.494 e. The molecule has 3 nitrogen and oxygen atoms in total. The molecule has 0 spiro atoms. The standard InChI is InChI=1S/C10H11FN2O.ClH/c1-14-10-3-2-7(6-8(10)11)9(13)4-5-12;/h2-3,6,9H,4,13H2,1H3;1H/t9-;/m0./s1. The molecule has 1 rings (SSSR count). The van der Waals surface area contributed by atoms with Crippen LogP contribution in [0.15, 0.2) is 18.2 Å². The van der Waals surface area contributed by atoms with Gasteiger partial charge in [-0.2, -0.15) is 5.26 Å². The monoisotopic (exact) mass is 230 g/mol. The number of benzene rings is 1. The minimum absolute atomic E-state index is 0. The van der Waals surface area contributed by atoms with Crippen molar-refractivity contribution < 1.29 is 9.13 Å². The zero-order chi connectivity index (χ0) is 10.6. The lowest BCUT2D eigenvalue weighted by molar-refractivity contribution is 0.386. The van der Waals surface area contributed by atoms with Gasteiger partial charge in [0.05, 0.1) is 19.6 Å². The summed E-state index contributed by atoms with van der Waals surface area (Å²) in [4.78, 5) is 0. The lowest BCUT2D eigenvalue weighted by Crippen LogP contribution is -2.09. The highest BCUT2D eigenvalue weighted by molar-refractivity contribution is 5.85.